The van der Waals surface area contributed by atoms with E-state index in [0.29, 0.717) is 5.41 Å². The standard InChI is InChI=1S/C12H18N4/c1-3-8-4-9-6-12(2,10(9)5-8)7-11-13-15-16-14-11/h5,9-10H,3-4,6-7H2,1-2H3,(H,13,14,15,16)/t9-,10-,12-/m1/s1. The van der Waals surface area contributed by atoms with Gasteiger partial charge in [-0.2, -0.15) is 0 Å². The Bertz CT molecular complexity index is 409. The molecule has 2 aliphatic carbocycles. The number of aromatic amines is 1. The zero-order valence-electron chi connectivity index (χ0n) is 9.90. The van der Waals surface area contributed by atoms with Gasteiger partial charge in [0, 0.05) is 6.42 Å². The minimum atomic E-state index is 0.378. The van der Waals surface area contributed by atoms with Crippen LogP contribution < -0.4 is 0 Å². The summed E-state index contributed by atoms with van der Waals surface area (Å²) in [7, 11) is 0. The van der Waals surface area contributed by atoms with Crippen molar-refractivity contribution in [2.75, 3.05) is 0 Å². The van der Waals surface area contributed by atoms with Crippen LogP contribution in [0.1, 0.15) is 38.9 Å². The van der Waals surface area contributed by atoms with Gasteiger partial charge in [-0.3, -0.25) is 0 Å². The van der Waals surface area contributed by atoms with E-state index >= 15 is 0 Å². The zero-order valence-corrected chi connectivity index (χ0v) is 9.90. The molecule has 1 fully saturated rings. The Morgan fingerprint density at radius 3 is 3.12 bits per heavy atom. The van der Waals surface area contributed by atoms with E-state index in [1.54, 1.807) is 5.57 Å². The van der Waals surface area contributed by atoms with E-state index in [2.05, 4.69) is 40.5 Å². The molecule has 0 aliphatic heterocycles. The molecule has 4 heteroatoms. The topological polar surface area (TPSA) is 54.5 Å². The van der Waals surface area contributed by atoms with Crippen molar-refractivity contribution in [1.82, 2.24) is 20.6 Å². The van der Waals surface area contributed by atoms with Crippen molar-refractivity contribution >= 4 is 0 Å². The summed E-state index contributed by atoms with van der Waals surface area (Å²) in [6.45, 7) is 4.63. The molecule has 0 aromatic carbocycles. The van der Waals surface area contributed by atoms with Gasteiger partial charge < -0.3 is 0 Å². The van der Waals surface area contributed by atoms with Gasteiger partial charge in [-0.15, -0.1) is 5.10 Å². The average molecular weight is 218 g/mol. The van der Waals surface area contributed by atoms with Gasteiger partial charge in [-0.05, 0) is 46.9 Å². The first-order chi connectivity index (χ1) is 7.71. The Balaban J connectivity index is 1.74. The lowest BCUT2D eigenvalue weighted by atomic mass is 9.54. The van der Waals surface area contributed by atoms with Crippen LogP contribution in [0.15, 0.2) is 11.6 Å². The van der Waals surface area contributed by atoms with Crippen LogP contribution in [0.25, 0.3) is 0 Å². The molecule has 1 saturated carbocycles. The molecule has 3 atom stereocenters. The first-order valence-corrected chi connectivity index (χ1v) is 6.13. The average Bonchev–Trinajstić information content (AvgIpc) is 2.85. The van der Waals surface area contributed by atoms with Crippen molar-refractivity contribution in [3.8, 4) is 0 Å². The maximum absolute atomic E-state index is 4.00. The van der Waals surface area contributed by atoms with Gasteiger partial charge in [0.2, 0.25) is 0 Å². The molecule has 0 saturated heterocycles. The molecule has 1 heterocycles. The second-order valence-corrected chi connectivity index (χ2v) is 5.55. The molecular formula is C12H18N4. The van der Waals surface area contributed by atoms with Crippen LogP contribution in [0.4, 0.5) is 0 Å². The quantitative estimate of drug-likeness (QED) is 0.791. The maximum atomic E-state index is 4.00. The molecule has 1 aromatic rings. The van der Waals surface area contributed by atoms with Crippen LogP contribution in [0.2, 0.25) is 0 Å². The predicted octanol–water partition coefficient (Wildman–Crippen LogP) is 2.12. The van der Waals surface area contributed by atoms with Crippen molar-refractivity contribution < 1.29 is 0 Å². The molecule has 3 rings (SSSR count). The highest BCUT2D eigenvalue weighted by atomic mass is 15.5. The minimum absolute atomic E-state index is 0.378. The SMILES string of the molecule is CCC1=C[C@@H]2[C@H](C1)C[C@]2(C)Cc1nnn[nH]1. The summed E-state index contributed by atoms with van der Waals surface area (Å²) in [5.74, 6) is 2.59. The third-order valence-corrected chi connectivity index (χ3v) is 4.40. The molecule has 86 valence electrons. The van der Waals surface area contributed by atoms with E-state index < -0.39 is 0 Å². The Kier molecular flexibility index (Phi) is 2.13. The normalized spacial score (nSPS) is 36.8. The Morgan fingerprint density at radius 1 is 1.56 bits per heavy atom. The number of fused-ring (bicyclic) bond motifs is 1. The second-order valence-electron chi connectivity index (χ2n) is 5.55. The van der Waals surface area contributed by atoms with E-state index in [1.165, 1.54) is 19.3 Å². The van der Waals surface area contributed by atoms with Crippen LogP contribution >= 0.6 is 0 Å². The molecule has 0 spiro atoms. The summed E-state index contributed by atoms with van der Waals surface area (Å²) >= 11 is 0. The van der Waals surface area contributed by atoms with Crippen molar-refractivity contribution in [2.45, 2.75) is 39.5 Å². The van der Waals surface area contributed by atoms with Crippen molar-refractivity contribution in [3.63, 3.8) is 0 Å². The largest absolute Gasteiger partial charge is 0.243 e. The monoisotopic (exact) mass is 218 g/mol. The number of tetrazole rings is 1. The van der Waals surface area contributed by atoms with Crippen LogP contribution in [-0.4, -0.2) is 20.6 Å². The highest BCUT2D eigenvalue weighted by Gasteiger charge is 2.51. The van der Waals surface area contributed by atoms with E-state index in [1.807, 2.05) is 0 Å². The molecule has 0 amide bonds. The molecule has 1 aromatic heterocycles. The first-order valence-electron chi connectivity index (χ1n) is 6.13. The third-order valence-electron chi connectivity index (χ3n) is 4.40. The van der Waals surface area contributed by atoms with Crippen LogP contribution in [-0.2, 0) is 6.42 Å². The maximum Gasteiger partial charge on any atom is 0.149 e. The van der Waals surface area contributed by atoms with Gasteiger partial charge in [-0.1, -0.05) is 25.5 Å². The lowest BCUT2D eigenvalue weighted by Crippen LogP contribution is -2.44. The second kappa shape index (κ2) is 3.40. The Hall–Kier alpha value is -1.19. The van der Waals surface area contributed by atoms with E-state index in [9.17, 15) is 0 Å². The van der Waals surface area contributed by atoms with Crippen LogP contribution in [0.5, 0.6) is 0 Å². The summed E-state index contributed by atoms with van der Waals surface area (Å²) in [4.78, 5) is 0. The third kappa shape index (κ3) is 1.39. The number of aromatic nitrogens is 4. The lowest BCUT2D eigenvalue weighted by Gasteiger charge is -2.50. The summed E-state index contributed by atoms with van der Waals surface area (Å²) in [5.41, 5.74) is 2.03. The van der Waals surface area contributed by atoms with E-state index in [-0.39, 0.29) is 0 Å². The summed E-state index contributed by atoms with van der Waals surface area (Å²) in [5, 5.41) is 14.2. The number of hydrogen-bond donors (Lipinski definition) is 1. The molecule has 1 N–H and O–H groups in total. The fourth-order valence-corrected chi connectivity index (χ4v) is 3.55. The molecule has 0 radical (unpaired) electrons. The highest BCUT2D eigenvalue weighted by molar-refractivity contribution is 5.23. The molecule has 2 aliphatic rings. The summed E-state index contributed by atoms with van der Waals surface area (Å²) in [6.07, 6.45) is 7.35. The van der Waals surface area contributed by atoms with E-state index in [4.69, 9.17) is 0 Å². The smallest absolute Gasteiger partial charge is 0.149 e. The van der Waals surface area contributed by atoms with Crippen molar-refractivity contribution in [2.24, 2.45) is 17.3 Å². The number of nitrogens with zero attached hydrogens (tertiary/aromatic N) is 3. The number of hydrogen-bond acceptors (Lipinski definition) is 3. The van der Waals surface area contributed by atoms with Gasteiger partial charge >= 0.3 is 0 Å². The summed E-state index contributed by atoms with van der Waals surface area (Å²) in [6, 6.07) is 0. The predicted molar refractivity (Wildman–Crippen MR) is 60.6 cm³/mol. The van der Waals surface area contributed by atoms with Crippen LogP contribution in [0.3, 0.4) is 0 Å². The fourth-order valence-electron chi connectivity index (χ4n) is 3.55. The van der Waals surface area contributed by atoms with Gasteiger partial charge in [-0.25, -0.2) is 5.10 Å². The summed E-state index contributed by atoms with van der Waals surface area (Å²) < 4.78 is 0. The highest BCUT2D eigenvalue weighted by Crippen LogP contribution is 2.59. The number of H-pyrrole nitrogens is 1. The zero-order chi connectivity index (χ0) is 11.2. The number of nitrogens with one attached hydrogen (secondary N) is 1. The first kappa shape index (κ1) is 10.00. The minimum Gasteiger partial charge on any atom is -0.243 e. The number of rotatable bonds is 3. The van der Waals surface area contributed by atoms with Gasteiger partial charge in [0.1, 0.15) is 5.82 Å². The molecular weight excluding hydrogens is 200 g/mol. The van der Waals surface area contributed by atoms with Crippen molar-refractivity contribution in [3.05, 3.63) is 17.5 Å². The van der Waals surface area contributed by atoms with E-state index in [0.717, 1.165) is 24.1 Å². The Morgan fingerprint density at radius 2 is 2.44 bits per heavy atom. The van der Waals surface area contributed by atoms with Gasteiger partial charge in [0.05, 0.1) is 0 Å². The van der Waals surface area contributed by atoms with Gasteiger partial charge in [0.25, 0.3) is 0 Å². The molecule has 16 heavy (non-hydrogen) atoms. The Labute approximate surface area is 95.5 Å². The molecule has 0 bridgehead atoms. The fraction of sp³-hybridized carbons (Fsp3) is 0.750. The van der Waals surface area contributed by atoms with Crippen LogP contribution in [0, 0.1) is 17.3 Å². The molecule has 4 nitrogen and oxygen atoms in total. The lowest BCUT2D eigenvalue weighted by molar-refractivity contribution is 0.0173. The number of allylic oxidation sites excluding steroid dienone is 2. The van der Waals surface area contributed by atoms with Crippen molar-refractivity contribution in [1.29, 1.82) is 0 Å². The van der Waals surface area contributed by atoms with Gasteiger partial charge in [0.15, 0.2) is 0 Å². The molecule has 0 unspecified atom stereocenters.